The van der Waals surface area contributed by atoms with Gasteiger partial charge >= 0.3 is 5.97 Å². The molecule has 0 radical (unpaired) electrons. The molecule has 0 saturated heterocycles. The fourth-order valence-electron chi connectivity index (χ4n) is 1.45. The van der Waals surface area contributed by atoms with Crippen molar-refractivity contribution in [1.82, 2.24) is 0 Å². The van der Waals surface area contributed by atoms with Crippen LogP contribution in [0.15, 0.2) is 16.4 Å². The van der Waals surface area contributed by atoms with Crippen molar-refractivity contribution < 1.29 is 9.53 Å². The summed E-state index contributed by atoms with van der Waals surface area (Å²) in [5.74, 6) is -0.329. The van der Waals surface area contributed by atoms with Gasteiger partial charge in [-0.1, -0.05) is 19.0 Å². The third kappa shape index (κ3) is 3.29. The van der Waals surface area contributed by atoms with E-state index in [-0.39, 0.29) is 18.5 Å². The van der Waals surface area contributed by atoms with Crippen LogP contribution in [0.2, 0.25) is 0 Å². The van der Waals surface area contributed by atoms with Gasteiger partial charge in [-0.25, -0.2) is 0 Å². The number of ether oxygens (including phenoxy) is 1. The minimum atomic E-state index is -0.213. The van der Waals surface area contributed by atoms with Crippen molar-refractivity contribution >= 4 is 5.97 Å². The number of azide groups is 1. The molecule has 0 bridgehead atoms. The van der Waals surface area contributed by atoms with Crippen LogP contribution in [0.1, 0.15) is 33.1 Å². The summed E-state index contributed by atoms with van der Waals surface area (Å²) in [4.78, 5) is 14.0. The van der Waals surface area contributed by atoms with E-state index in [1.165, 1.54) is 0 Å². The Balaban J connectivity index is 2.54. The van der Waals surface area contributed by atoms with Crippen molar-refractivity contribution in [2.75, 3.05) is 6.61 Å². The van der Waals surface area contributed by atoms with Crippen LogP contribution in [-0.2, 0) is 9.53 Å². The molecule has 0 aromatic carbocycles. The molecule has 1 rings (SSSR count). The van der Waals surface area contributed by atoms with Gasteiger partial charge in [0.1, 0.15) is 6.61 Å². The molecule has 0 aliphatic heterocycles. The first-order chi connectivity index (χ1) is 7.15. The smallest absolute Gasteiger partial charge is 0.308 e. The standard InChI is InChI=1S/C10H15N3O2/c1-7(2)10(14)15-6-8-4-3-5-9(8)12-13-11/h7H,3-6H2,1-2H3. The third-order valence-corrected chi connectivity index (χ3v) is 2.33. The zero-order chi connectivity index (χ0) is 11.3. The second kappa shape index (κ2) is 5.41. The summed E-state index contributed by atoms with van der Waals surface area (Å²) in [7, 11) is 0. The Labute approximate surface area is 88.7 Å². The van der Waals surface area contributed by atoms with Crippen LogP contribution in [0.25, 0.3) is 10.4 Å². The number of hydrogen-bond donors (Lipinski definition) is 0. The molecular formula is C10H15N3O2. The van der Waals surface area contributed by atoms with Crippen LogP contribution in [-0.4, -0.2) is 12.6 Å². The maximum Gasteiger partial charge on any atom is 0.308 e. The summed E-state index contributed by atoms with van der Waals surface area (Å²) in [6.45, 7) is 3.85. The SMILES string of the molecule is CC(C)C(=O)OCC1=C(N=[N+]=[N-])CCC1. The van der Waals surface area contributed by atoms with Crippen molar-refractivity contribution in [2.24, 2.45) is 11.0 Å². The van der Waals surface area contributed by atoms with E-state index in [4.69, 9.17) is 10.3 Å². The maximum absolute atomic E-state index is 11.2. The third-order valence-electron chi connectivity index (χ3n) is 2.33. The number of allylic oxidation sites excluding steroid dienone is 1. The van der Waals surface area contributed by atoms with Crippen molar-refractivity contribution in [2.45, 2.75) is 33.1 Å². The van der Waals surface area contributed by atoms with Gasteiger partial charge in [0, 0.05) is 10.6 Å². The molecule has 82 valence electrons. The molecular weight excluding hydrogens is 194 g/mol. The summed E-state index contributed by atoms with van der Waals surface area (Å²) in [5, 5.41) is 3.60. The van der Waals surface area contributed by atoms with Crippen LogP contribution in [0, 0.1) is 5.92 Å². The Morgan fingerprint density at radius 3 is 2.93 bits per heavy atom. The number of esters is 1. The normalized spacial score (nSPS) is 15.4. The van der Waals surface area contributed by atoms with Gasteiger partial charge in [-0.15, -0.1) is 0 Å². The molecule has 0 unspecified atom stereocenters. The molecule has 0 saturated carbocycles. The van der Waals surface area contributed by atoms with Crippen LogP contribution < -0.4 is 0 Å². The molecule has 5 heteroatoms. The summed E-state index contributed by atoms with van der Waals surface area (Å²) in [5.41, 5.74) is 10.0. The van der Waals surface area contributed by atoms with Gasteiger partial charge in [0.25, 0.3) is 0 Å². The van der Waals surface area contributed by atoms with Crippen LogP contribution in [0.5, 0.6) is 0 Å². The molecule has 0 atom stereocenters. The fraction of sp³-hybridized carbons (Fsp3) is 0.700. The molecule has 1 aliphatic carbocycles. The van der Waals surface area contributed by atoms with Gasteiger partial charge in [-0.05, 0) is 30.4 Å². The average Bonchev–Trinajstić information content (AvgIpc) is 2.62. The Morgan fingerprint density at radius 1 is 1.60 bits per heavy atom. The lowest BCUT2D eigenvalue weighted by atomic mass is 10.2. The monoisotopic (exact) mass is 209 g/mol. The Kier molecular flexibility index (Phi) is 4.18. The summed E-state index contributed by atoms with van der Waals surface area (Å²) in [6.07, 6.45) is 2.63. The largest absolute Gasteiger partial charge is 0.461 e. The highest BCUT2D eigenvalue weighted by Gasteiger charge is 2.16. The van der Waals surface area contributed by atoms with Crippen LogP contribution in [0.3, 0.4) is 0 Å². The summed E-state index contributed by atoms with van der Waals surface area (Å²) in [6, 6.07) is 0. The molecule has 5 nitrogen and oxygen atoms in total. The Bertz CT molecular complexity index is 328. The predicted octanol–water partition coefficient (Wildman–Crippen LogP) is 2.93. The Hall–Kier alpha value is -1.48. The van der Waals surface area contributed by atoms with Crippen LogP contribution in [0.4, 0.5) is 0 Å². The molecule has 15 heavy (non-hydrogen) atoms. The van der Waals surface area contributed by atoms with Crippen molar-refractivity contribution in [1.29, 1.82) is 0 Å². The van der Waals surface area contributed by atoms with Gasteiger partial charge in [0.15, 0.2) is 0 Å². The first kappa shape index (κ1) is 11.6. The zero-order valence-corrected chi connectivity index (χ0v) is 9.06. The van der Waals surface area contributed by atoms with Gasteiger partial charge in [-0.2, -0.15) is 0 Å². The molecule has 0 aromatic heterocycles. The minimum absolute atomic E-state index is 0.116. The highest BCUT2D eigenvalue weighted by atomic mass is 16.5. The summed E-state index contributed by atoms with van der Waals surface area (Å²) < 4.78 is 5.08. The van der Waals surface area contributed by atoms with E-state index in [1.54, 1.807) is 13.8 Å². The van der Waals surface area contributed by atoms with E-state index in [0.717, 1.165) is 30.5 Å². The topological polar surface area (TPSA) is 75.1 Å². The van der Waals surface area contributed by atoms with Gasteiger partial charge < -0.3 is 4.74 Å². The summed E-state index contributed by atoms with van der Waals surface area (Å²) >= 11 is 0. The minimum Gasteiger partial charge on any atom is -0.461 e. The fourth-order valence-corrected chi connectivity index (χ4v) is 1.45. The van der Waals surface area contributed by atoms with Gasteiger partial charge in [-0.3, -0.25) is 4.79 Å². The molecule has 0 heterocycles. The number of carbonyl (C=O) groups excluding carboxylic acids is 1. The van der Waals surface area contributed by atoms with Crippen molar-refractivity contribution in [3.8, 4) is 0 Å². The number of rotatable bonds is 4. The van der Waals surface area contributed by atoms with E-state index in [1.807, 2.05) is 0 Å². The lowest BCUT2D eigenvalue weighted by Crippen LogP contribution is -2.13. The van der Waals surface area contributed by atoms with Crippen molar-refractivity contribution in [3.05, 3.63) is 21.7 Å². The van der Waals surface area contributed by atoms with Gasteiger partial charge in [0.2, 0.25) is 0 Å². The number of carbonyl (C=O) groups is 1. The maximum atomic E-state index is 11.2. The second-order valence-electron chi connectivity index (χ2n) is 3.86. The highest BCUT2D eigenvalue weighted by molar-refractivity contribution is 5.71. The van der Waals surface area contributed by atoms with E-state index >= 15 is 0 Å². The zero-order valence-electron chi connectivity index (χ0n) is 9.06. The number of nitrogens with zero attached hydrogens (tertiary/aromatic N) is 3. The Morgan fingerprint density at radius 2 is 2.33 bits per heavy atom. The molecule has 0 N–H and O–H groups in total. The second-order valence-corrected chi connectivity index (χ2v) is 3.86. The predicted molar refractivity (Wildman–Crippen MR) is 55.8 cm³/mol. The number of hydrogen-bond acceptors (Lipinski definition) is 3. The van der Waals surface area contributed by atoms with E-state index < -0.39 is 0 Å². The average molecular weight is 209 g/mol. The quantitative estimate of drug-likeness (QED) is 0.309. The van der Waals surface area contributed by atoms with Gasteiger partial charge in [0.05, 0.1) is 5.92 Å². The first-order valence-electron chi connectivity index (χ1n) is 5.07. The van der Waals surface area contributed by atoms with Crippen LogP contribution >= 0.6 is 0 Å². The molecule has 0 aromatic rings. The molecule has 1 aliphatic rings. The van der Waals surface area contributed by atoms with E-state index in [9.17, 15) is 4.79 Å². The lowest BCUT2D eigenvalue weighted by Gasteiger charge is -2.08. The first-order valence-corrected chi connectivity index (χ1v) is 5.07. The molecule has 0 spiro atoms. The van der Waals surface area contributed by atoms with Crippen molar-refractivity contribution in [3.63, 3.8) is 0 Å². The highest BCUT2D eigenvalue weighted by Crippen LogP contribution is 2.27. The van der Waals surface area contributed by atoms with E-state index in [0.29, 0.717) is 0 Å². The molecule has 0 fully saturated rings. The molecule has 0 amide bonds. The lowest BCUT2D eigenvalue weighted by molar-refractivity contribution is -0.146. The van der Waals surface area contributed by atoms with E-state index in [2.05, 4.69) is 10.0 Å².